The quantitative estimate of drug-likeness (QED) is 0.136. The lowest BCUT2D eigenvalue weighted by atomic mass is 10.1. The molecule has 3 saturated heterocycles. The third kappa shape index (κ3) is 9.54. The van der Waals surface area contributed by atoms with Crippen LogP contribution >= 0.6 is 15.6 Å². The Morgan fingerprint density at radius 2 is 1.40 bits per heavy atom. The van der Waals surface area contributed by atoms with Crippen LogP contribution in [0.15, 0.2) is 22.2 Å². The molecule has 3 aliphatic heterocycles. The Labute approximate surface area is 353 Å². The number of ketones is 1. The predicted molar refractivity (Wildman–Crippen MR) is 206 cm³/mol. The summed E-state index contributed by atoms with van der Waals surface area (Å²) in [5.74, 6) is -2.07. The number of carbonyl (C=O) groups excluding carboxylic acids is 2. The zero-order valence-corrected chi connectivity index (χ0v) is 35.4. The first-order valence-electron chi connectivity index (χ1n) is 19.2. The topological polar surface area (TPSA) is 329 Å². The number of anilines is 1. The average molecular weight is 926 g/mol. The molecule has 0 saturated carbocycles. The number of amides is 1. The number of aromatic amines is 2. The van der Waals surface area contributed by atoms with Crippen molar-refractivity contribution in [3.8, 4) is 12.1 Å². The number of hydrogen-bond acceptors (Lipinski definition) is 20. The third-order valence-corrected chi connectivity index (χ3v) is 12.7. The maximum atomic E-state index is 16.8. The minimum Gasteiger partial charge on any atom is -0.346 e. The van der Waals surface area contributed by atoms with Crippen molar-refractivity contribution in [3.05, 3.63) is 39.2 Å². The summed E-state index contributed by atoms with van der Waals surface area (Å²) in [6, 6.07) is 3.37. The number of nitrogens with zero attached hydrogens (tertiary/aromatic N) is 8. The Bertz CT molecular complexity index is 2700. The third-order valence-electron chi connectivity index (χ3n) is 9.79. The lowest BCUT2D eigenvalue weighted by molar-refractivity contribution is -0.121. The van der Waals surface area contributed by atoms with Gasteiger partial charge in [-0.1, -0.05) is 27.7 Å². The number of halogens is 2. The molecule has 3 aliphatic rings. The van der Waals surface area contributed by atoms with Crippen LogP contribution in [0.4, 0.5) is 14.7 Å². The first-order valence-corrected chi connectivity index (χ1v) is 22.1. The van der Waals surface area contributed by atoms with E-state index in [-0.39, 0.29) is 52.7 Å². The molecule has 338 valence electrons. The summed E-state index contributed by atoms with van der Waals surface area (Å²) >= 11 is 0. The molecule has 29 heteroatoms. The van der Waals surface area contributed by atoms with E-state index in [1.165, 1.54) is 0 Å². The number of ether oxygens (including phenoxy) is 2. The van der Waals surface area contributed by atoms with Gasteiger partial charge in [0.1, 0.15) is 42.6 Å². The van der Waals surface area contributed by atoms with Gasteiger partial charge in [0.05, 0.1) is 57.5 Å². The molecule has 0 bridgehead atoms. The predicted octanol–water partition coefficient (Wildman–Crippen LogP) is 2.59. The molecule has 25 nitrogen and oxygen atoms in total. The molecule has 10 atom stereocenters. The molecule has 3 fully saturated rings. The molecule has 0 aromatic carbocycles. The van der Waals surface area contributed by atoms with Crippen LogP contribution in [-0.2, 0) is 61.8 Å². The molecule has 7 heterocycles. The molecule has 4 aromatic rings. The Morgan fingerprint density at radius 3 is 1.92 bits per heavy atom. The van der Waals surface area contributed by atoms with Crippen molar-refractivity contribution in [3.63, 3.8) is 0 Å². The number of hydrogen-bond donors (Lipinski definition) is 3. The Kier molecular flexibility index (Phi) is 13.5. The molecule has 0 radical (unpaired) electrons. The molecule has 63 heavy (non-hydrogen) atoms. The summed E-state index contributed by atoms with van der Waals surface area (Å²) < 4.78 is 109. The minimum atomic E-state index is -5.10. The number of nitriles is 2. The number of imidazole rings is 2. The summed E-state index contributed by atoms with van der Waals surface area (Å²) in [5, 5.41) is 20.9. The molecular formula is C34H39F2N11O14P2. The molecule has 3 N–H and O–H groups in total. The van der Waals surface area contributed by atoms with Crippen molar-refractivity contribution in [2.24, 2.45) is 11.8 Å². The average Bonchev–Trinajstić information content (AvgIpc) is 4.00. The van der Waals surface area contributed by atoms with Gasteiger partial charge >= 0.3 is 15.6 Å². The van der Waals surface area contributed by atoms with Crippen molar-refractivity contribution >= 4 is 55.6 Å². The van der Waals surface area contributed by atoms with Crippen molar-refractivity contribution in [2.45, 2.75) is 89.8 Å². The van der Waals surface area contributed by atoms with Gasteiger partial charge in [-0.3, -0.25) is 65.8 Å². The van der Waals surface area contributed by atoms with Gasteiger partial charge < -0.3 is 14.5 Å². The van der Waals surface area contributed by atoms with Gasteiger partial charge in [0.15, 0.2) is 47.1 Å². The standard InChI is InChI=1S/C34H39F2N11O14P2/c1-15(2)17(48)10-20-41-27-23(30(50)42-20)39-13-46(27)32-21(35)25-19(58-32)12-57-63(53,55-9-7-38)61-26-18(11-56-62(52,60-25)54-8-5-6-37)59-33(22(26)36)47-14-40-24-28(47)43-34(45-31(24)51)44-29(49)16(3)4/h13-16,18-19,21-22,25-26,32-33H,5,8-12H2,1-4H3,(H,41,42,50)(H2,43,44,45,49,51)/t18?,19?,21-,22-,25-,26-,32?,33?,62?,63?/m1/s1. The van der Waals surface area contributed by atoms with Crippen molar-refractivity contribution in [1.29, 1.82) is 10.5 Å². The van der Waals surface area contributed by atoms with Gasteiger partial charge in [0.25, 0.3) is 11.1 Å². The molecule has 0 spiro atoms. The van der Waals surface area contributed by atoms with Crippen LogP contribution in [0.5, 0.6) is 0 Å². The van der Waals surface area contributed by atoms with Gasteiger partial charge in [-0.15, -0.1) is 0 Å². The van der Waals surface area contributed by atoms with E-state index in [4.69, 9.17) is 36.6 Å². The molecule has 0 aliphatic carbocycles. The van der Waals surface area contributed by atoms with Crippen molar-refractivity contribution < 1.29 is 64.1 Å². The van der Waals surface area contributed by atoms with Gasteiger partial charge in [-0.2, -0.15) is 15.5 Å². The number of phosphoric acid groups is 2. The van der Waals surface area contributed by atoms with Crippen LogP contribution in [0, 0.1) is 34.5 Å². The second-order valence-corrected chi connectivity index (χ2v) is 18.1. The van der Waals surface area contributed by atoms with Crippen LogP contribution < -0.4 is 16.4 Å². The molecule has 4 aromatic heterocycles. The monoisotopic (exact) mass is 925 g/mol. The largest absolute Gasteiger partial charge is 0.476 e. The van der Waals surface area contributed by atoms with E-state index in [0.717, 1.165) is 21.8 Å². The SMILES string of the molecule is CC(C)C(=O)Cc1nc2c(ncn2C2OC3COP(=O)(OCC#N)O[C@@H]4C(COP(=O)(OCCC#N)O[C@H]3[C@H]2F)OC(n2cnc3c(=O)[nH]c(NC(=O)C(C)C)nc32)[C@@H]4F)c(=O)[nH]1. The van der Waals surface area contributed by atoms with Crippen LogP contribution in [0.1, 0.15) is 52.4 Å². The number of H-pyrrole nitrogens is 2. The molecule has 7 rings (SSSR count). The maximum absolute atomic E-state index is 16.8. The Hall–Kier alpha value is -5.18. The highest BCUT2D eigenvalue weighted by atomic mass is 31.2. The number of fused-ring (bicyclic) bond motifs is 4. The lowest BCUT2D eigenvalue weighted by Gasteiger charge is -2.29. The van der Waals surface area contributed by atoms with Crippen LogP contribution in [0.3, 0.4) is 0 Å². The van der Waals surface area contributed by atoms with Crippen LogP contribution in [0.2, 0.25) is 0 Å². The summed E-state index contributed by atoms with van der Waals surface area (Å²) in [5.41, 5.74) is -2.64. The number of aromatic nitrogens is 8. The second kappa shape index (κ2) is 18.5. The van der Waals surface area contributed by atoms with Crippen LogP contribution in [0.25, 0.3) is 22.3 Å². The minimum absolute atomic E-state index is 0.0591. The highest BCUT2D eigenvalue weighted by molar-refractivity contribution is 7.48. The second-order valence-electron chi connectivity index (χ2n) is 14.8. The summed E-state index contributed by atoms with van der Waals surface area (Å²) in [7, 11) is -10.1. The summed E-state index contributed by atoms with van der Waals surface area (Å²) in [6.45, 7) is 3.02. The molecule has 1 amide bonds. The maximum Gasteiger partial charge on any atom is 0.476 e. The van der Waals surface area contributed by atoms with Crippen molar-refractivity contribution in [1.82, 2.24) is 39.0 Å². The highest BCUT2D eigenvalue weighted by Gasteiger charge is 2.56. The number of nitrogens with one attached hydrogen (secondary N) is 3. The fourth-order valence-corrected chi connectivity index (χ4v) is 9.22. The fourth-order valence-electron chi connectivity index (χ4n) is 6.53. The van der Waals surface area contributed by atoms with Gasteiger partial charge in [-0.05, 0) is 0 Å². The number of Topliss-reactive ketones (excluding diaryl/α,β-unsaturated/α-hetero) is 1. The highest BCUT2D eigenvalue weighted by Crippen LogP contribution is 2.58. The van der Waals surface area contributed by atoms with E-state index in [1.54, 1.807) is 39.8 Å². The zero-order chi connectivity index (χ0) is 45.4. The zero-order valence-electron chi connectivity index (χ0n) is 33.6. The summed E-state index contributed by atoms with van der Waals surface area (Å²) in [4.78, 5) is 72.0. The van der Waals surface area contributed by atoms with Crippen LogP contribution in [-0.4, -0.2) is 114 Å². The summed E-state index contributed by atoms with van der Waals surface area (Å²) in [6.07, 6.45) is -14.5. The first kappa shape index (κ1) is 45.8. The Morgan fingerprint density at radius 1 is 0.857 bits per heavy atom. The number of rotatable bonds is 12. The van der Waals surface area contributed by atoms with Gasteiger partial charge in [0, 0.05) is 11.8 Å². The van der Waals surface area contributed by atoms with E-state index < -0.39 is 120 Å². The van der Waals surface area contributed by atoms with E-state index in [0.29, 0.717) is 0 Å². The lowest BCUT2D eigenvalue weighted by Crippen LogP contribution is -2.38. The number of phosphoric ester groups is 2. The fraction of sp³-hybridized carbons (Fsp3) is 0.588. The normalized spacial score (nSPS) is 30.1. The van der Waals surface area contributed by atoms with Gasteiger partial charge in [-0.25, -0.2) is 32.9 Å². The van der Waals surface area contributed by atoms with E-state index in [2.05, 4.69) is 35.2 Å². The van der Waals surface area contributed by atoms with Crippen molar-refractivity contribution in [2.75, 3.05) is 31.7 Å². The van der Waals surface area contributed by atoms with E-state index >= 15 is 8.78 Å². The number of alkyl halides is 2. The number of carbonyl (C=O) groups is 2. The molecule has 6 unspecified atom stereocenters. The van der Waals surface area contributed by atoms with Gasteiger partial charge in [0.2, 0.25) is 11.9 Å². The molecular weight excluding hydrogens is 886 g/mol. The van der Waals surface area contributed by atoms with E-state index in [9.17, 15) is 38.8 Å². The van der Waals surface area contributed by atoms with E-state index in [1.807, 2.05) is 0 Å². The first-order chi connectivity index (χ1) is 29.9. The smallest absolute Gasteiger partial charge is 0.346 e. The Balaban J connectivity index is 1.23.